The molecule has 1 N–H and O–H groups in total. The molecule has 0 saturated heterocycles. The third kappa shape index (κ3) is 7.57. The lowest BCUT2D eigenvalue weighted by molar-refractivity contribution is -0.732. The minimum absolute atomic E-state index is 0.544. The van der Waals surface area contributed by atoms with Gasteiger partial charge in [0, 0.05) is 6.07 Å². The van der Waals surface area contributed by atoms with Gasteiger partial charge in [-0.05, 0) is 12.5 Å². The van der Waals surface area contributed by atoms with Crippen molar-refractivity contribution in [3.05, 3.63) is 30.1 Å². The quantitative estimate of drug-likeness (QED) is 0.232. The van der Waals surface area contributed by atoms with Crippen molar-refractivity contribution >= 4 is 6.21 Å². The van der Waals surface area contributed by atoms with Crippen LogP contribution in [0.1, 0.15) is 51.0 Å². The molecular formula is C15H25N2O2+. The van der Waals surface area contributed by atoms with Crippen molar-refractivity contribution in [2.75, 3.05) is 6.61 Å². The number of nitrogens with zero attached hydrogens (tertiary/aromatic N) is 2. The van der Waals surface area contributed by atoms with Gasteiger partial charge < -0.3 is 9.94 Å². The summed E-state index contributed by atoms with van der Waals surface area (Å²) in [5.41, 5.74) is 0.855. The number of ether oxygens (including phenoxy) is 1. The van der Waals surface area contributed by atoms with Crippen LogP contribution < -0.4 is 4.57 Å². The van der Waals surface area contributed by atoms with Crippen LogP contribution in [0.15, 0.2) is 29.7 Å². The Hall–Kier alpha value is -1.42. The van der Waals surface area contributed by atoms with Crippen LogP contribution in [0.5, 0.6) is 0 Å². The molecule has 4 nitrogen and oxygen atoms in total. The zero-order chi connectivity index (χ0) is 13.8. The van der Waals surface area contributed by atoms with Gasteiger partial charge in [-0.15, -0.1) is 0 Å². The van der Waals surface area contributed by atoms with Crippen molar-refractivity contribution in [3.8, 4) is 0 Å². The highest BCUT2D eigenvalue weighted by atomic mass is 16.5. The molecule has 0 amide bonds. The first-order valence-electron chi connectivity index (χ1n) is 7.11. The highest BCUT2D eigenvalue weighted by molar-refractivity contribution is 5.77. The largest absolute Gasteiger partial charge is 0.411 e. The standard InChI is InChI=1S/C15H24N2O2/c1-2-3-4-5-6-7-11-19-14-17-10-8-9-15(13-17)12-16-18/h8-10,12-13H,2-7,11,14H2,1H3/p+1/b16-12+. The molecule has 0 bridgehead atoms. The van der Waals surface area contributed by atoms with Gasteiger partial charge in [0.2, 0.25) is 0 Å². The first kappa shape index (κ1) is 15.6. The van der Waals surface area contributed by atoms with E-state index in [0.29, 0.717) is 6.73 Å². The fourth-order valence-electron chi connectivity index (χ4n) is 1.92. The second-order valence-corrected chi connectivity index (χ2v) is 4.70. The van der Waals surface area contributed by atoms with Crippen molar-refractivity contribution in [2.45, 2.75) is 52.2 Å². The molecule has 0 aliphatic rings. The lowest BCUT2D eigenvalue weighted by atomic mass is 10.1. The number of hydrogen-bond donors (Lipinski definition) is 1. The molecule has 1 aromatic rings. The molecule has 1 heterocycles. The van der Waals surface area contributed by atoms with E-state index in [2.05, 4.69) is 12.1 Å². The van der Waals surface area contributed by atoms with E-state index >= 15 is 0 Å². The van der Waals surface area contributed by atoms with Gasteiger partial charge >= 0.3 is 0 Å². The molecule has 0 atom stereocenters. The number of rotatable bonds is 10. The zero-order valence-electron chi connectivity index (χ0n) is 11.8. The van der Waals surface area contributed by atoms with Crippen LogP contribution >= 0.6 is 0 Å². The molecule has 0 saturated carbocycles. The maximum absolute atomic E-state index is 8.47. The molecule has 0 aromatic carbocycles. The van der Waals surface area contributed by atoms with Gasteiger partial charge in [-0.1, -0.05) is 44.2 Å². The summed E-state index contributed by atoms with van der Waals surface area (Å²) in [4.78, 5) is 0. The Morgan fingerprint density at radius 3 is 2.84 bits per heavy atom. The molecular weight excluding hydrogens is 240 g/mol. The monoisotopic (exact) mass is 265 g/mol. The first-order chi connectivity index (χ1) is 9.36. The smallest absolute Gasteiger partial charge is 0.252 e. The third-order valence-electron chi connectivity index (χ3n) is 2.97. The minimum Gasteiger partial charge on any atom is -0.411 e. The number of hydrogen-bond acceptors (Lipinski definition) is 3. The Morgan fingerprint density at radius 2 is 2.05 bits per heavy atom. The van der Waals surface area contributed by atoms with Gasteiger partial charge in [-0.3, -0.25) is 0 Å². The third-order valence-corrected chi connectivity index (χ3v) is 2.97. The van der Waals surface area contributed by atoms with E-state index in [0.717, 1.165) is 18.6 Å². The molecule has 106 valence electrons. The second-order valence-electron chi connectivity index (χ2n) is 4.70. The predicted molar refractivity (Wildman–Crippen MR) is 75.3 cm³/mol. The van der Waals surface area contributed by atoms with Crippen molar-refractivity contribution in [1.82, 2.24) is 0 Å². The maximum Gasteiger partial charge on any atom is 0.252 e. The van der Waals surface area contributed by atoms with Crippen LogP contribution in [0.25, 0.3) is 0 Å². The average molecular weight is 265 g/mol. The Balaban J connectivity index is 2.10. The maximum atomic E-state index is 8.47. The average Bonchev–Trinajstić information content (AvgIpc) is 2.43. The van der Waals surface area contributed by atoms with E-state index in [1.807, 2.05) is 29.1 Å². The summed E-state index contributed by atoms with van der Waals surface area (Å²) in [5.74, 6) is 0. The Bertz CT molecular complexity index is 367. The topological polar surface area (TPSA) is 45.7 Å². The summed E-state index contributed by atoms with van der Waals surface area (Å²) < 4.78 is 7.55. The molecule has 0 unspecified atom stereocenters. The van der Waals surface area contributed by atoms with Gasteiger partial charge in [0.15, 0.2) is 12.4 Å². The van der Waals surface area contributed by atoms with Crippen molar-refractivity contribution in [2.24, 2.45) is 5.16 Å². The van der Waals surface area contributed by atoms with Crippen molar-refractivity contribution in [3.63, 3.8) is 0 Å². The molecule has 0 fully saturated rings. The first-order valence-corrected chi connectivity index (χ1v) is 7.11. The highest BCUT2D eigenvalue weighted by Crippen LogP contribution is 2.04. The second kappa shape index (κ2) is 10.5. The lowest BCUT2D eigenvalue weighted by Crippen LogP contribution is -2.34. The van der Waals surface area contributed by atoms with Gasteiger partial charge in [0.1, 0.15) is 0 Å². The molecule has 0 radical (unpaired) electrons. The van der Waals surface area contributed by atoms with Crippen LogP contribution in [0.4, 0.5) is 0 Å². The van der Waals surface area contributed by atoms with E-state index in [9.17, 15) is 0 Å². The van der Waals surface area contributed by atoms with Crippen LogP contribution in [-0.4, -0.2) is 18.0 Å². The van der Waals surface area contributed by atoms with E-state index in [4.69, 9.17) is 9.94 Å². The molecule has 4 heteroatoms. The predicted octanol–water partition coefficient (Wildman–Crippen LogP) is 3.12. The normalized spacial score (nSPS) is 11.2. The Morgan fingerprint density at radius 1 is 1.26 bits per heavy atom. The molecule has 1 aromatic heterocycles. The summed E-state index contributed by atoms with van der Waals surface area (Å²) >= 11 is 0. The number of pyridine rings is 1. The van der Waals surface area contributed by atoms with Crippen LogP contribution in [-0.2, 0) is 11.5 Å². The van der Waals surface area contributed by atoms with Crippen LogP contribution in [0.3, 0.4) is 0 Å². The number of oxime groups is 1. The summed E-state index contributed by atoms with van der Waals surface area (Å²) in [5, 5.41) is 11.5. The van der Waals surface area contributed by atoms with Crippen LogP contribution in [0.2, 0.25) is 0 Å². The molecule has 19 heavy (non-hydrogen) atoms. The fraction of sp³-hybridized carbons (Fsp3) is 0.600. The summed E-state index contributed by atoms with van der Waals surface area (Å²) in [6.45, 7) is 3.58. The van der Waals surface area contributed by atoms with Crippen LogP contribution in [0, 0.1) is 0 Å². The SMILES string of the molecule is CCCCCCCCOC[n+]1cccc(/C=N/O)c1. The molecule has 0 aliphatic carbocycles. The highest BCUT2D eigenvalue weighted by Gasteiger charge is 2.01. The van der Waals surface area contributed by atoms with Gasteiger partial charge in [-0.25, -0.2) is 0 Å². The fourth-order valence-corrected chi connectivity index (χ4v) is 1.92. The summed E-state index contributed by atoms with van der Waals surface area (Å²) in [6, 6.07) is 3.79. The van der Waals surface area contributed by atoms with Gasteiger partial charge in [0.25, 0.3) is 6.73 Å². The molecule has 1 rings (SSSR count). The number of unbranched alkanes of at least 4 members (excludes halogenated alkanes) is 5. The summed E-state index contributed by atoms with van der Waals surface area (Å²) in [7, 11) is 0. The number of aromatic nitrogens is 1. The Labute approximate surface area is 115 Å². The lowest BCUT2D eigenvalue weighted by Gasteiger charge is -2.02. The minimum atomic E-state index is 0.544. The van der Waals surface area contributed by atoms with Gasteiger partial charge in [0.05, 0.1) is 18.4 Å². The molecule has 0 spiro atoms. The van der Waals surface area contributed by atoms with Crippen molar-refractivity contribution < 1.29 is 14.5 Å². The van der Waals surface area contributed by atoms with Crippen molar-refractivity contribution in [1.29, 1.82) is 0 Å². The summed E-state index contributed by atoms with van der Waals surface area (Å²) in [6.07, 6.45) is 12.9. The van der Waals surface area contributed by atoms with Gasteiger partial charge in [-0.2, -0.15) is 4.57 Å². The Kier molecular flexibility index (Phi) is 8.64. The van der Waals surface area contributed by atoms with E-state index < -0.39 is 0 Å². The molecule has 0 aliphatic heterocycles. The zero-order valence-corrected chi connectivity index (χ0v) is 11.8. The van der Waals surface area contributed by atoms with E-state index in [1.165, 1.54) is 38.3 Å². The van der Waals surface area contributed by atoms with E-state index in [1.54, 1.807) is 0 Å². The van der Waals surface area contributed by atoms with E-state index in [-0.39, 0.29) is 0 Å².